The minimum atomic E-state index is -0.541. The lowest BCUT2D eigenvalue weighted by molar-refractivity contribution is -0.113. The van der Waals surface area contributed by atoms with Crippen molar-refractivity contribution in [3.05, 3.63) is 34.5 Å². The molecule has 0 aliphatic heterocycles. The summed E-state index contributed by atoms with van der Waals surface area (Å²) in [4.78, 5) is 26.6. The molecule has 1 amide bonds. The lowest BCUT2D eigenvalue weighted by Gasteiger charge is -1.87. The van der Waals surface area contributed by atoms with Crippen LogP contribution in [0.4, 0.5) is 0 Å². The lowest BCUT2D eigenvalue weighted by atomic mass is 10.3. The normalized spacial score (nSPS) is 10.3. The summed E-state index contributed by atoms with van der Waals surface area (Å²) in [5.74, 6) is -0.541. The van der Waals surface area contributed by atoms with Gasteiger partial charge in [0.15, 0.2) is 0 Å². The van der Waals surface area contributed by atoms with E-state index in [9.17, 15) is 9.59 Å². The molecule has 0 aliphatic carbocycles. The maximum absolute atomic E-state index is 10.5. The quantitative estimate of drug-likeness (QED) is 0.566. The molecule has 0 aromatic carbocycles. The number of nitrogens with zero attached hydrogens (tertiary/aromatic N) is 1. The first-order valence-corrected chi connectivity index (χ1v) is 3.21. The predicted octanol–water partition coefficient (Wildman–Crippen LogP) is -0.732. The van der Waals surface area contributed by atoms with E-state index in [1.54, 1.807) is 0 Å². The molecule has 12 heavy (non-hydrogen) atoms. The van der Waals surface area contributed by atoms with Gasteiger partial charge in [-0.2, -0.15) is 0 Å². The van der Waals surface area contributed by atoms with Crippen LogP contribution in [0, 0.1) is 0 Å². The number of hydrogen-bond donors (Lipinski definition) is 2. The number of carbonyl (C=O) groups excluding carboxylic acids is 1. The Morgan fingerprint density at radius 3 is 2.92 bits per heavy atom. The average Bonchev–Trinajstić information content (AvgIpc) is 2.03. The fourth-order valence-corrected chi connectivity index (χ4v) is 0.622. The Labute approximate surface area is 67.9 Å². The highest BCUT2D eigenvalue weighted by Gasteiger charge is 1.88. The molecule has 0 saturated carbocycles. The number of rotatable bonds is 2. The van der Waals surface area contributed by atoms with Gasteiger partial charge in [-0.15, -0.1) is 0 Å². The molecular formula is C7H7N3O2. The summed E-state index contributed by atoms with van der Waals surface area (Å²) < 4.78 is 0. The maximum atomic E-state index is 10.5. The molecule has 5 heteroatoms. The number of primary amides is 1. The third-order valence-electron chi connectivity index (χ3n) is 1.13. The van der Waals surface area contributed by atoms with Crippen LogP contribution in [0.2, 0.25) is 0 Å². The second-order valence-corrected chi connectivity index (χ2v) is 2.09. The highest BCUT2D eigenvalue weighted by atomic mass is 16.1. The molecule has 0 atom stereocenters. The summed E-state index contributed by atoms with van der Waals surface area (Å²) in [7, 11) is 0. The van der Waals surface area contributed by atoms with E-state index < -0.39 is 11.6 Å². The number of nitrogens with one attached hydrogen (secondary N) is 1. The number of aromatic amines is 1. The largest absolute Gasteiger partial charge is 0.366 e. The smallest absolute Gasteiger partial charge is 0.344 e. The van der Waals surface area contributed by atoms with E-state index in [1.165, 1.54) is 24.5 Å². The Bertz CT molecular complexity index is 347. The summed E-state index contributed by atoms with van der Waals surface area (Å²) in [5.41, 5.74) is 5.05. The van der Waals surface area contributed by atoms with Gasteiger partial charge in [-0.25, -0.2) is 9.78 Å². The molecule has 1 aromatic heterocycles. The second kappa shape index (κ2) is 3.47. The fraction of sp³-hybridized carbons (Fsp3) is 0. The molecule has 0 fully saturated rings. The Hall–Kier alpha value is -1.91. The van der Waals surface area contributed by atoms with Crippen molar-refractivity contribution in [3.8, 4) is 0 Å². The van der Waals surface area contributed by atoms with Crippen LogP contribution >= 0.6 is 0 Å². The Morgan fingerprint density at radius 1 is 1.67 bits per heavy atom. The summed E-state index contributed by atoms with van der Waals surface area (Å²) in [6.45, 7) is 0. The van der Waals surface area contributed by atoms with E-state index in [0.717, 1.165) is 0 Å². The first-order chi connectivity index (χ1) is 5.68. The molecule has 5 nitrogen and oxygen atoms in total. The van der Waals surface area contributed by atoms with Crippen molar-refractivity contribution < 1.29 is 4.79 Å². The van der Waals surface area contributed by atoms with Gasteiger partial charge in [-0.05, 0) is 6.08 Å². The van der Waals surface area contributed by atoms with Crippen molar-refractivity contribution in [3.63, 3.8) is 0 Å². The van der Waals surface area contributed by atoms with E-state index in [-0.39, 0.29) is 0 Å². The first kappa shape index (κ1) is 8.19. The van der Waals surface area contributed by atoms with Crippen LogP contribution in [-0.2, 0) is 4.79 Å². The van der Waals surface area contributed by atoms with E-state index in [4.69, 9.17) is 5.73 Å². The number of carbonyl (C=O) groups is 1. The van der Waals surface area contributed by atoms with Crippen molar-refractivity contribution in [2.24, 2.45) is 5.73 Å². The van der Waals surface area contributed by atoms with Gasteiger partial charge in [0.2, 0.25) is 5.91 Å². The van der Waals surface area contributed by atoms with Gasteiger partial charge in [0.1, 0.15) is 0 Å². The zero-order valence-electron chi connectivity index (χ0n) is 6.15. The van der Waals surface area contributed by atoms with Crippen molar-refractivity contribution in [1.82, 2.24) is 9.97 Å². The van der Waals surface area contributed by atoms with Crippen LogP contribution in [0.5, 0.6) is 0 Å². The number of aromatic nitrogens is 2. The van der Waals surface area contributed by atoms with Crippen molar-refractivity contribution in [2.45, 2.75) is 0 Å². The average molecular weight is 165 g/mol. The van der Waals surface area contributed by atoms with Crippen LogP contribution in [0.1, 0.15) is 5.56 Å². The summed E-state index contributed by atoms with van der Waals surface area (Å²) in [5, 5.41) is 0. The van der Waals surface area contributed by atoms with E-state index >= 15 is 0 Å². The Kier molecular flexibility index (Phi) is 2.37. The van der Waals surface area contributed by atoms with Crippen LogP contribution in [0.25, 0.3) is 6.08 Å². The third-order valence-corrected chi connectivity index (χ3v) is 1.13. The molecule has 0 bridgehead atoms. The van der Waals surface area contributed by atoms with Crippen molar-refractivity contribution in [2.75, 3.05) is 0 Å². The van der Waals surface area contributed by atoms with Crippen LogP contribution in [0.3, 0.4) is 0 Å². The summed E-state index contributed by atoms with van der Waals surface area (Å²) in [6.07, 6.45) is 5.44. The van der Waals surface area contributed by atoms with Crippen LogP contribution < -0.4 is 11.4 Å². The number of H-pyrrole nitrogens is 1. The molecule has 0 unspecified atom stereocenters. The van der Waals surface area contributed by atoms with Gasteiger partial charge in [0, 0.05) is 24.0 Å². The van der Waals surface area contributed by atoms with Gasteiger partial charge in [0.25, 0.3) is 0 Å². The molecule has 1 rings (SSSR count). The molecule has 62 valence electrons. The Balaban J connectivity index is 2.84. The number of hydrogen-bond acceptors (Lipinski definition) is 3. The van der Waals surface area contributed by atoms with Crippen LogP contribution in [-0.4, -0.2) is 15.9 Å². The molecule has 1 heterocycles. The minimum Gasteiger partial charge on any atom is -0.366 e. The standard InChI is InChI=1S/C7H7N3O2/c8-6(11)2-1-5-3-9-7(12)10-4-5/h1-4H,(H2,8,11)(H,9,10,12). The van der Waals surface area contributed by atoms with E-state index in [1.807, 2.05) is 0 Å². The number of nitrogens with two attached hydrogens (primary N) is 1. The second-order valence-electron chi connectivity index (χ2n) is 2.09. The van der Waals surface area contributed by atoms with E-state index in [2.05, 4.69) is 9.97 Å². The molecular weight excluding hydrogens is 158 g/mol. The molecule has 3 N–H and O–H groups in total. The predicted molar refractivity (Wildman–Crippen MR) is 43.1 cm³/mol. The van der Waals surface area contributed by atoms with Crippen molar-refractivity contribution >= 4 is 12.0 Å². The monoisotopic (exact) mass is 165 g/mol. The van der Waals surface area contributed by atoms with Gasteiger partial charge in [-0.1, -0.05) is 0 Å². The lowest BCUT2D eigenvalue weighted by Crippen LogP contribution is -2.08. The van der Waals surface area contributed by atoms with Gasteiger partial charge in [-0.3, -0.25) is 4.79 Å². The zero-order chi connectivity index (χ0) is 8.97. The zero-order valence-corrected chi connectivity index (χ0v) is 6.15. The van der Waals surface area contributed by atoms with E-state index in [0.29, 0.717) is 5.56 Å². The van der Waals surface area contributed by atoms with Crippen molar-refractivity contribution in [1.29, 1.82) is 0 Å². The van der Waals surface area contributed by atoms with Gasteiger partial charge in [0.05, 0.1) is 0 Å². The summed E-state index contributed by atoms with van der Waals surface area (Å²) in [6, 6.07) is 0. The topological polar surface area (TPSA) is 88.8 Å². The summed E-state index contributed by atoms with van der Waals surface area (Å²) >= 11 is 0. The highest BCUT2D eigenvalue weighted by molar-refractivity contribution is 5.90. The minimum absolute atomic E-state index is 0.425. The first-order valence-electron chi connectivity index (χ1n) is 3.21. The molecule has 0 saturated heterocycles. The van der Waals surface area contributed by atoms with Gasteiger partial charge < -0.3 is 10.7 Å². The molecule has 0 radical (unpaired) electrons. The third kappa shape index (κ3) is 2.37. The molecule has 1 aromatic rings. The SMILES string of the molecule is NC(=O)C=Cc1cnc(=O)[nH]c1. The Morgan fingerprint density at radius 2 is 2.42 bits per heavy atom. The maximum Gasteiger partial charge on any atom is 0.344 e. The highest BCUT2D eigenvalue weighted by Crippen LogP contribution is 1.93. The van der Waals surface area contributed by atoms with Gasteiger partial charge >= 0.3 is 5.69 Å². The molecule has 0 aliphatic rings. The fourth-order valence-electron chi connectivity index (χ4n) is 0.622. The number of amides is 1. The molecule has 0 spiro atoms. The van der Waals surface area contributed by atoms with Crippen LogP contribution in [0.15, 0.2) is 23.3 Å².